The maximum atomic E-state index is 12.7. The molecule has 2 N–H and O–H groups in total. The van der Waals surface area contributed by atoms with Crippen LogP contribution in [0.3, 0.4) is 0 Å². The minimum atomic E-state index is -3.69. The van der Waals surface area contributed by atoms with Crippen molar-refractivity contribution in [3.63, 3.8) is 0 Å². The normalized spacial score (nSPS) is 14.9. The molecule has 2 aromatic rings. The van der Waals surface area contributed by atoms with E-state index in [-0.39, 0.29) is 16.4 Å². The Labute approximate surface area is 181 Å². The summed E-state index contributed by atoms with van der Waals surface area (Å²) in [6, 6.07) is 12.8. The number of amides is 2. The van der Waals surface area contributed by atoms with Gasteiger partial charge in [0.05, 0.1) is 10.3 Å². The van der Waals surface area contributed by atoms with Gasteiger partial charge in [0.25, 0.3) is 5.91 Å². The summed E-state index contributed by atoms with van der Waals surface area (Å²) in [5, 5.41) is 0.543. The third-order valence-electron chi connectivity index (χ3n) is 5.29. The van der Waals surface area contributed by atoms with Gasteiger partial charge in [0.2, 0.25) is 15.9 Å². The highest BCUT2D eigenvalue weighted by Gasteiger charge is 2.51. The van der Waals surface area contributed by atoms with Gasteiger partial charge in [-0.05, 0) is 48.7 Å². The van der Waals surface area contributed by atoms with E-state index in [0.29, 0.717) is 31.0 Å². The molecule has 0 radical (unpaired) electrons. The van der Waals surface area contributed by atoms with E-state index in [1.165, 1.54) is 28.6 Å². The van der Waals surface area contributed by atoms with Crippen LogP contribution in [0.15, 0.2) is 53.4 Å². The molecule has 0 bridgehead atoms. The van der Waals surface area contributed by atoms with Crippen LogP contribution in [0.25, 0.3) is 0 Å². The van der Waals surface area contributed by atoms with E-state index in [0.717, 1.165) is 5.56 Å². The SMILES string of the molecule is CCN(CC)S(=O)(=O)c1cccc(C(=O)NNC(=O)C2(c3cccc(Cl)c3)CC2)c1. The third kappa shape index (κ3) is 4.35. The molecule has 30 heavy (non-hydrogen) atoms. The lowest BCUT2D eigenvalue weighted by Gasteiger charge is -2.19. The number of sulfonamides is 1. The van der Waals surface area contributed by atoms with Crippen LogP contribution in [0.5, 0.6) is 0 Å². The highest BCUT2D eigenvalue weighted by molar-refractivity contribution is 7.89. The fourth-order valence-electron chi connectivity index (χ4n) is 3.37. The summed E-state index contributed by atoms with van der Waals surface area (Å²) in [7, 11) is -3.69. The van der Waals surface area contributed by atoms with Crippen molar-refractivity contribution in [2.45, 2.75) is 37.0 Å². The first kappa shape index (κ1) is 22.3. The summed E-state index contributed by atoms with van der Waals surface area (Å²) in [4.78, 5) is 25.2. The van der Waals surface area contributed by atoms with Crippen LogP contribution in [0.2, 0.25) is 5.02 Å². The molecule has 2 amide bonds. The largest absolute Gasteiger partial charge is 0.272 e. The van der Waals surface area contributed by atoms with E-state index in [1.807, 2.05) is 6.07 Å². The minimum Gasteiger partial charge on any atom is -0.272 e. The first-order valence-electron chi connectivity index (χ1n) is 9.71. The van der Waals surface area contributed by atoms with E-state index in [2.05, 4.69) is 10.9 Å². The molecule has 9 heteroatoms. The Morgan fingerprint density at radius 3 is 2.30 bits per heavy atom. The Balaban J connectivity index is 1.71. The lowest BCUT2D eigenvalue weighted by molar-refractivity contribution is -0.124. The quantitative estimate of drug-likeness (QED) is 0.635. The first-order chi connectivity index (χ1) is 14.2. The van der Waals surface area contributed by atoms with Gasteiger partial charge in [0.15, 0.2) is 0 Å². The van der Waals surface area contributed by atoms with E-state index in [4.69, 9.17) is 11.6 Å². The molecule has 0 spiro atoms. The fraction of sp³-hybridized carbons (Fsp3) is 0.333. The number of halogens is 1. The maximum absolute atomic E-state index is 12.7. The Morgan fingerprint density at radius 2 is 1.70 bits per heavy atom. The molecule has 0 heterocycles. The molecule has 1 fully saturated rings. The van der Waals surface area contributed by atoms with Crippen LogP contribution in [0, 0.1) is 0 Å². The molecule has 0 aliphatic heterocycles. The number of nitrogens with zero attached hydrogens (tertiary/aromatic N) is 1. The molecule has 0 unspecified atom stereocenters. The number of benzene rings is 2. The number of carbonyl (C=O) groups excluding carboxylic acids is 2. The van der Waals surface area contributed by atoms with Gasteiger partial charge in [-0.1, -0.05) is 43.6 Å². The number of hydrogen-bond donors (Lipinski definition) is 2. The van der Waals surface area contributed by atoms with Crippen molar-refractivity contribution in [2.75, 3.05) is 13.1 Å². The molecular weight excluding hydrogens is 426 g/mol. The zero-order valence-corrected chi connectivity index (χ0v) is 18.4. The molecular formula is C21H24ClN3O4S. The van der Waals surface area contributed by atoms with Crippen molar-refractivity contribution >= 4 is 33.4 Å². The number of nitrogens with one attached hydrogen (secondary N) is 2. The van der Waals surface area contributed by atoms with Gasteiger partial charge in [0.1, 0.15) is 0 Å². The summed E-state index contributed by atoms with van der Waals surface area (Å²) in [6.45, 7) is 4.16. The minimum absolute atomic E-state index is 0.0303. The van der Waals surface area contributed by atoms with Crippen LogP contribution in [-0.4, -0.2) is 37.6 Å². The molecule has 160 valence electrons. The van der Waals surface area contributed by atoms with Crippen LogP contribution in [0.4, 0.5) is 0 Å². The molecule has 2 aromatic carbocycles. The zero-order chi connectivity index (χ0) is 21.9. The summed E-state index contributed by atoms with van der Waals surface area (Å²) < 4.78 is 26.7. The number of hydrazine groups is 1. The fourth-order valence-corrected chi connectivity index (χ4v) is 5.07. The monoisotopic (exact) mass is 449 g/mol. The second kappa shape index (κ2) is 8.75. The van der Waals surface area contributed by atoms with Gasteiger partial charge in [0, 0.05) is 23.7 Å². The van der Waals surface area contributed by atoms with E-state index in [1.54, 1.807) is 32.0 Å². The van der Waals surface area contributed by atoms with Crippen LogP contribution in [0.1, 0.15) is 42.6 Å². The molecule has 0 saturated heterocycles. The predicted octanol–water partition coefficient (Wildman–Crippen LogP) is 2.86. The second-order valence-electron chi connectivity index (χ2n) is 7.12. The van der Waals surface area contributed by atoms with Crippen molar-refractivity contribution < 1.29 is 18.0 Å². The lowest BCUT2D eigenvalue weighted by atomic mass is 9.95. The van der Waals surface area contributed by atoms with Gasteiger partial charge >= 0.3 is 0 Å². The van der Waals surface area contributed by atoms with E-state index >= 15 is 0 Å². The molecule has 0 aromatic heterocycles. The summed E-state index contributed by atoms with van der Waals surface area (Å²) in [6.07, 6.45) is 1.32. The van der Waals surface area contributed by atoms with Crippen molar-refractivity contribution in [3.8, 4) is 0 Å². The third-order valence-corrected chi connectivity index (χ3v) is 7.57. The van der Waals surface area contributed by atoms with Crippen molar-refractivity contribution in [3.05, 3.63) is 64.7 Å². The van der Waals surface area contributed by atoms with Gasteiger partial charge in [-0.25, -0.2) is 8.42 Å². The molecule has 1 aliphatic carbocycles. The second-order valence-corrected chi connectivity index (χ2v) is 9.49. The number of carbonyl (C=O) groups is 2. The van der Waals surface area contributed by atoms with E-state index in [9.17, 15) is 18.0 Å². The highest BCUT2D eigenvalue weighted by Crippen LogP contribution is 2.48. The van der Waals surface area contributed by atoms with E-state index < -0.39 is 21.3 Å². The lowest BCUT2D eigenvalue weighted by Crippen LogP contribution is -2.46. The van der Waals surface area contributed by atoms with Crippen LogP contribution in [-0.2, 0) is 20.2 Å². The average molecular weight is 450 g/mol. The standard InChI is InChI=1S/C21H24ClN3O4S/c1-3-25(4-2)30(28,29)18-10-5-7-15(13-18)19(26)23-24-20(27)21(11-12-21)16-8-6-9-17(22)14-16/h5-10,13-14H,3-4,11-12H2,1-2H3,(H,23,26)(H,24,27). The molecule has 7 nitrogen and oxygen atoms in total. The first-order valence-corrected chi connectivity index (χ1v) is 11.5. The Bertz CT molecular complexity index is 1060. The number of rotatable bonds is 7. The van der Waals surface area contributed by atoms with Gasteiger partial charge in [-0.2, -0.15) is 4.31 Å². The Kier molecular flexibility index (Phi) is 6.50. The predicted molar refractivity (Wildman–Crippen MR) is 115 cm³/mol. The summed E-state index contributed by atoms with van der Waals surface area (Å²) in [5.74, 6) is -0.924. The Hall–Kier alpha value is -2.42. The van der Waals surface area contributed by atoms with Crippen molar-refractivity contribution in [1.29, 1.82) is 0 Å². The smallest absolute Gasteiger partial charge is 0.269 e. The van der Waals surface area contributed by atoms with Crippen molar-refractivity contribution in [1.82, 2.24) is 15.2 Å². The topological polar surface area (TPSA) is 95.6 Å². The molecule has 3 rings (SSSR count). The number of hydrogen-bond acceptors (Lipinski definition) is 4. The van der Waals surface area contributed by atoms with Gasteiger partial charge in [-0.15, -0.1) is 0 Å². The summed E-state index contributed by atoms with van der Waals surface area (Å²) in [5.41, 5.74) is 5.08. The molecule has 1 saturated carbocycles. The van der Waals surface area contributed by atoms with Gasteiger partial charge < -0.3 is 0 Å². The molecule has 0 atom stereocenters. The summed E-state index contributed by atoms with van der Waals surface area (Å²) >= 11 is 6.03. The van der Waals surface area contributed by atoms with Gasteiger partial charge in [-0.3, -0.25) is 20.4 Å². The molecule has 1 aliphatic rings. The van der Waals surface area contributed by atoms with Crippen LogP contribution < -0.4 is 10.9 Å². The Morgan fingerprint density at radius 1 is 1.03 bits per heavy atom. The van der Waals surface area contributed by atoms with Crippen LogP contribution >= 0.6 is 11.6 Å². The average Bonchev–Trinajstić information content (AvgIpc) is 3.55. The zero-order valence-electron chi connectivity index (χ0n) is 16.8. The maximum Gasteiger partial charge on any atom is 0.269 e. The highest BCUT2D eigenvalue weighted by atomic mass is 35.5. The van der Waals surface area contributed by atoms with Crippen molar-refractivity contribution in [2.24, 2.45) is 0 Å².